The maximum atomic E-state index is 10.8. The topological polar surface area (TPSA) is 46.5 Å². The van der Waals surface area contributed by atoms with E-state index in [1.165, 1.54) is 11.1 Å². The highest BCUT2D eigenvalue weighted by atomic mass is 16.5. The Morgan fingerprint density at radius 2 is 1.94 bits per heavy atom. The van der Waals surface area contributed by atoms with Gasteiger partial charge in [-0.25, -0.2) is 0 Å². The number of hydrogen-bond donors (Lipinski definition) is 1. The van der Waals surface area contributed by atoms with Gasteiger partial charge in [-0.3, -0.25) is 4.79 Å². The van der Waals surface area contributed by atoms with Crippen LogP contribution in [0.5, 0.6) is 5.75 Å². The standard InChI is InChI=1S/C15H22O3/c1-9(15(16)17)6-7-13-8-10(2)14(18-5)12(4)11(13)3/h8-9H,6-7H2,1-5H3,(H,16,17). The lowest BCUT2D eigenvalue weighted by molar-refractivity contribution is -0.141. The Balaban J connectivity index is 2.94. The minimum absolute atomic E-state index is 0.299. The summed E-state index contributed by atoms with van der Waals surface area (Å²) in [6, 6.07) is 2.11. The highest BCUT2D eigenvalue weighted by Gasteiger charge is 2.14. The minimum atomic E-state index is -0.727. The summed E-state index contributed by atoms with van der Waals surface area (Å²) in [7, 11) is 1.68. The molecule has 1 aromatic carbocycles. The van der Waals surface area contributed by atoms with Crippen LogP contribution in [-0.4, -0.2) is 18.2 Å². The fourth-order valence-electron chi connectivity index (χ4n) is 2.21. The van der Waals surface area contributed by atoms with Gasteiger partial charge >= 0.3 is 5.97 Å². The summed E-state index contributed by atoms with van der Waals surface area (Å²) in [5, 5.41) is 8.90. The summed E-state index contributed by atoms with van der Waals surface area (Å²) in [5.41, 5.74) is 4.68. The van der Waals surface area contributed by atoms with Gasteiger partial charge in [0.15, 0.2) is 0 Å². The molecule has 0 aliphatic heterocycles. The predicted octanol–water partition coefficient (Wildman–Crippen LogP) is 3.27. The number of carboxylic acid groups (broad SMARTS) is 1. The first-order chi connectivity index (χ1) is 8.38. The van der Waals surface area contributed by atoms with E-state index in [1.54, 1.807) is 14.0 Å². The van der Waals surface area contributed by atoms with Crippen molar-refractivity contribution in [2.45, 2.75) is 40.5 Å². The van der Waals surface area contributed by atoms with Crippen LogP contribution in [0, 0.1) is 26.7 Å². The van der Waals surface area contributed by atoms with E-state index in [9.17, 15) is 4.79 Å². The monoisotopic (exact) mass is 250 g/mol. The van der Waals surface area contributed by atoms with Gasteiger partial charge in [-0.05, 0) is 55.9 Å². The molecule has 0 aromatic heterocycles. The van der Waals surface area contributed by atoms with Crippen LogP contribution in [0.15, 0.2) is 6.07 Å². The van der Waals surface area contributed by atoms with Crippen molar-refractivity contribution in [2.24, 2.45) is 5.92 Å². The van der Waals surface area contributed by atoms with Gasteiger partial charge in [0.05, 0.1) is 13.0 Å². The molecule has 0 saturated carbocycles. The first-order valence-electron chi connectivity index (χ1n) is 6.25. The summed E-state index contributed by atoms with van der Waals surface area (Å²) in [4.78, 5) is 10.8. The highest BCUT2D eigenvalue weighted by Crippen LogP contribution is 2.29. The predicted molar refractivity (Wildman–Crippen MR) is 72.3 cm³/mol. The first kappa shape index (κ1) is 14.6. The molecule has 0 spiro atoms. The molecule has 100 valence electrons. The third kappa shape index (κ3) is 3.03. The van der Waals surface area contributed by atoms with E-state index < -0.39 is 5.97 Å². The van der Waals surface area contributed by atoms with Crippen LogP contribution in [0.25, 0.3) is 0 Å². The van der Waals surface area contributed by atoms with Crippen molar-refractivity contribution in [3.63, 3.8) is 0 Å². The molecule has 18 heavy (non-hydrogen) atoms. The van der Waals surface area contributed by atoms with Crippen LogP contribution >= 0.6 is 0 Å². The van der Waals surface area contributed by atoms with Crippen molar-refractivity contribution in [1.82, 2.24) is 0 Å². The van der Waals surface area contributed by atoms with Crippen LogP contribution in [-0.2, 0) is 11.2 Å². The van der Waals surface area contributed by atoms with Crippen molar-refractivity contribution in [3.05, 3.63) is 28.3 Å². The van der Waals surface area contributed by atoms with Gasteiger partial charge in [0.1, 0.15) is 5.75 Å². The zero-order valence-corrected chi connectivity index (χ0v) is 11.8. The number of methoxy groups -OCH3 is 1. The zero-order chi connectivity index (χ0) is 13.9. The number of carbonyl (C=O) groups is 1. The molecule has 1 N–H and O–H groups in total. The van der Waals surface area contributed by atoms with Crippen LogP contribution in [0.4, 0.5) is 0 Å². The number of benzene rings is 1. The Morgan fingerprint density at radius 1 is 1.33 bits per heavy atom. The Morgan fingerprint density at radius 3 is 2.44 bits per heavy atom. The molecule has 0 heterocycles. The molecule has 1 atom stereocenters. The molecule has 0 bridgehead atoms. The molecule has 0 aliphatic carbocycles. The molecule has 1 aromatic rings. The van der Waals surface area contributed by atoms with Crippen molar-refractivity contribution in [3.8, 4) is 5.75 Å². The van der Waals surface area contributed by atoms with E-state index in [1.807, 2.05) is 13.8 Å². The normalized spacial score (nSPS) is 12.3. The quantitative estimate of drug-likeness (QED) is 0.872. The van der Waals surface area contributed by atoms with E-state index in [0.29, 0.717) is 6.42 Å². The average Bonchev–Trinajstić information content (AvgIpc) is 2.32. The van der Waals surface area contributed by atoms with Gasteiger partial charge in [0.2, 0.25) is 0 Å². The van der Waals surface area contributed by atoms with Gasteiger partial charge in [-0.15, -0.1) is 0 Å². The third-order valence-corrected chi connectivity index (χ3v) is 3.61. The minimum Gasteiger partial charge on any atom is -0.496 e. The summed E-state index contributed by atoms with van der Waals surface area (Å²) < 4.78 is 5.38. The van der Waals surface area contributed by atoms with Crippen LogP contribution in [0.1, 0.15) is 35.6 Å². The summed E-state index contributed by atoms with van der Waals surface area (Å²) in [6.45, 7) is 7.89. The highest BCUT2D eigenvalue weighted by molar-refractivity contribution is 5.69. The zero-order valence-electron chi connectivity index (χ0n) is 11.8. The number of rotatable bonds is 5. The van der Waals surface area contributed by atoms with Crippen molar-refractivity contribution in [1.29, 1.82) is 0 Å². The van der Waals surface area contributed by atoms with E-state index in [0.717, 1.165) is 23.3 Å². The van der Waals surface area contributed by atoms with Crippen LogP contribution in [0.3, 0.4) is 0 Å². The summed E-state index contributed by atoms with van der Waals surface area (Å²) >= 11 is 0. The molecular weight excluding hydrogens is 228 g/mol. The molecular formula is C15H22O3. The number of aliphatic carboxylic acids is 1. The lowest BCUT2D eigenvalue weighted by atomic mass is 9.93. The maximum absolute atomic E-state index is 10.8. The first-order valence-corrected chi connectivity index (χ1v) is 6.25. The van der Waals surface area contributed by atoms with Crippen LogP contribution < -0.4 is 4.74 Å². The largest absolute Gasteiger partial charge is 0.496 e. The molecule has 3 nitrogen and oxygen atoms in total. The lowest BCUT2D eigenvalue weighted by Gasteiger charge is -2.16. The molecule has 0 aliphatic rings. The molecule has 0 fully saturated rings. The number of ether oxygens (including phenoxy) is 1. The Labute approximate surface area is 109 Å². The second-order valence-electron chi connectivity index (χ2n) is 4.91. The molecule has 1 rings (SSSR count). The average molecular weight is 250 g/mol. The fraction of sp³-hybridized carbons (Fsp3) is 0.533. The Bertz CT molecular complexity index is 450. The Hall–Kier alpha value is -1.51. The number of hydrogen-bond acceptors (Lipinski definition) is 2. The summed E-state index contributed by atoms with van der Waals surface area (Å²) in [5.74, 6) is -0.0933. The molecule has 3 heteroatoms. The SMILES string of the molecule is COc1c(C)cc(CCC(C)C(=O)O)c(C)c1C. The second kappa shape index (κ2) is 5.89. The molecule has 1 unspecified atom stereocenters. The molecule has 0 saturated heterocycles. The maximum Gasteiger partial charge on any atom is 0.306 e. The molecule has 0 amide bonds. The third-order valence-electron chi connectivity index (χ3n) is 3.61. The van der Waals surface area contributed by atoms with Crippen molar-refractivity contribution in [2.75, 3.05) is 7.11 Å². The fourth-order valence-corrected chi connectivity index (χ4v) is 2.21. The van der Waals surface area contributed by atoms with E-state index >= 15 is 0 Å². The van der Waals surface area contributed by atoms with E-state index in [-0.39, 0.29) is 5.92 Å². The van der Waals surface area contributed by atoms with Gasteiger partial charge in [0.25, 0.3) is 0 Å². The van der Waals surface area contributed by atoms with Crippen molar-refractivity contribution >= 4 is 5.97 Å². The van der Waals surface area contributed by atoms with Crippen molar-refractivity contribution < 1.29 is 14.6 Å². The number of aryl methyl sites for hydroxylation is 2. The molecule has 0 radical (unpaired) electrons. The van der Waals surface area contributed by atoms with Gasteiger partial charge < -0.3 is 9.84 Å². The summed E-state index contributed by atoms with van der Waals surface area (Å²) in [6.07, 6.45) is 1.46. The van der Waals surface area contributed by atoms with Gasteiger partial charge in [-0.2, -0.15) is 0 Å². The smallest absolute Gasteiger partial charge is 0.306 e. The lowest BCUT2D eigenvalue weighted by Crippen LogP contribution is -2.11. The van der Waals surface area contributed by atoms with E-state index in [2.05, 4.69) is 13.0 Å². The Kier molecular flexibility index (Phi) is 4.76. The van der Waals surface area contributed by atoms with Gasteiger partial charge in [0, 0.05) is 0 Å². The van der Waals surface area contributed by atoms with Gasteiger partial charge in [-0.1, -0.05) is 13.0 Å². The van der Waals surface area contributed by atoms with E-state index in [4.69, 9.17) is 9.84 Å². The second-order valence-corrected chi connectivity index (χ2v) is 4.91. The van der Waals surface area contributed by atoms with Crippen LogP contribution in [0.2, 0.25) is 0 Å². The number of carboxylic acids is 1.